The van der Waals surface area contributed by atoms with Crippen molar-refractivity contribution in [1.29, 1.82) is 0 Å². The number of carbonyl (C=O) groups is 1. The van der Waals surface area contributed by atoms with Gasteiger partial charge in [0, 0.05) is 30.1 Å². The second-order valence-corrected chi connectivity index (χ2v) is 9.88. The molecule has 1 aromatic carbocycles. The number of benzene rings is 1. The quantitative estimate of drug-likeness (QED) is 0.287. The van der Waals surface area contributed by atoms with Crippen LogP contribution in [0.25, 0.3) is 10.2 Å². The lowest BCUT2D eigenvalue weighted by molar-refractivity contribution is -0.120. The molecule has 1 aliphatic carbocycles. The molecule has 2 aromatic heterocycles. The number of aryl methyl sites for hydroxylation is 2. The summed E-state index contributed by atoms with van der Waals surface area (Å²) in [6, 6.07) is 7.62. The van der Waals surface area contributed by atoms with Gasteiger partial charge in [-0.3, -0.25) is 14.2 Å². The molecule has 0 aliphatic heterocycles. The molecule has 0 radical (unpaired) electrons. The maximum absolute atomic E-state index is 13.1. The summed E-state index contributed by atoms with van der Waals surface area (Å²) in [7, 11) is 1.63. The number of thiophene rings is 1. The molecule has 0 saturated carbocycles. The summed E-state index contributed by atoms with van der Waals surface area (Å²) in [4.78, 5) is 31.6. The molecule has 0 atom stereocenters. The number of nitrogens with zero attached hydrogens (tertiary/aromatic N) is 2. The number of nitrogens with one attached hydrogen (secondary N) is 1. The standard InChI is InChI=1S/C24H27N3O3S2/c1-3-13-27-23(29)22-21(18-6-4-5-7-19(18)32-22)26-24(27)31-14-12-20(28)25-15-16-8-10-17(30-2)11-9-16/h3,8-11H,1,4-7,12-15H2,2H3,(H,25,28). The number of allylic oxidation sites excluding steroid dienone is 1. The molecular formula is C24H27N3O3S2. The first-order valence-electron chi connectivity index (χ1n) is 10.8. The molecule has 0 unspecified atom stereocenters. The molecule has 2 heterocycles. The first kappa shape index (κ1) is 22.6. The summed E-state index contributed by atoms with van der Waals surface area (Å²) < 4.78 is 7.58. The topological polar surface area (TPSA) is 73.2 Å². The van der Waals surface area contributed by atoms with Crippen LogP contribution in [0.1, 0.15) is 35.3 Å². The Balaban J connectivity index is 1.42. The Hall–Kier alpha value is -2.58. The molecule has 6 nitrogen and oxygen atoms in total. The zero-order chi connectivity index (χ0) is 22.5. The van der Waals surface area contributed by atoms with E-state index in [2.05, 4.69) is 11.9 Å². The van der Waals surface area contributed by atoms with Crippen LogP contribution in [0, 0.1) is 0 Å². The summed E-state index contributed by atoms with van der Waals surface area (Å²) in [5.41, 5.74) is 3.13. The number of ether oxygens (including phenoxy) is 1. The number of amides is 1. The van der Waals surface area contributed by atoms with Crippen LogP contribution in [0.15, 0.2) is 46.9 Å². The number of carbonyl (C=O) groups excluding carboxylic acids is 1. The van der Waals surface area contributed by atoms with Gasteiger partial charge in [-0.1, -0.05) is 30.0 Å². The van der Waals surface area contributed by atoms with Gasteiger partial charge in [-0.25, -0.2) is 4.98 Å². The van der Waals surface area contributed by atoms with Gasteiger partial charge in [-0.05, 0) is 48.9 Å². The first-order valence-corrected chi connectivity index (χ1v) is 12.6. The Kier molecular flexibility index (Phi) is 7.32. The number of aromatic nitrogens is 2. The molecule has 3 aromatic rings. The number of methoxy groups -OCH3 is 1. The predicted octanol–water partition coefficient (Wildman–Crippen LogP) is 4.33. The Morgan fingerprint density at radius 2 is 2.09 bits per heavy atom. The second kappa shape index (κ2) is 10.4. The molecule has 1 aliphatic rings. The fourth-order valence-electron chi connectivity index (χ4n) is 3.85. The number of rotatable bonds is 9. The third kappa shape index (κ3) is 4.91. The maximum atomic E-state index is 13.1. The van der Waals surface area contributed by atoms with E-state index in [4.69, 9.17) is 9.72 Å². The Bertz CT molecular complexity index is 1180. The molecular weight excluding hydrogens is 442 g/mol. The zero-order valence-corrected chi connectivity index (χ0v) is 19.8. The summed E-state index contributed by atoms with van der Waals surface area (Å²) in [6.07, 6.45) is 6.42. The van der Waals surface area contributed by atoms with Crippen molar-refractivity contribution in [3.8, 4) is 5.75 Å². The van der Waals surface area contributed by atoms with Gasteiger partial charge in [-0.15, -0.1) is 17.9 Å². The highest BCUT2D eigenvalue weighted by Gasteiger charge is 2.21. The van der Waals surface area contributed by atoms with Crippen molar-refractivity contribution >= 4 is 39.2 Å². The van der Waals surface area contributed by atoms with Crippen molar-refractivity contribution < 1.29 is 9.53 Å². The van der Waals surface area contributed by atoms with E-state index < -0.39 is 0 Å². The predicted molar refractivity (Wildman–Crippen MR) is 131 cm³/mol. The number of hydrogen-bond acceptors (Lipinski definition) is 6. The summed E-state index contributed by atoms with van der Waals surface area (Å²) in [5, 5.41) is 3.61. The minimum Gasteiger partial charge on any atom is -0.497 e. The molecule has 0 spiro atoms. The number of thioether (sulfide) groups is 1. The highest BCUT2D eigenvalue weighted by Crippen LogP contribution is 2.34. The fraction of sp³-hybridized carbons (Fsp3) is 0.375. The van der Waals surface area contributed by atoms with Gasteiger partial charge in [0.2, 0.25) is 5.91 Å². The highest BCUT2D eigenvalue weighted by molar-refractivity contribution is 7.99. The van der Waals surface area contributed by atoms with Crippen molar-refractivity contribution in [1.82, 2.24) is 14.9 Å². The van der Waals surface area contributed by atoms with Crippen LogP contribution in [-0.4, -0.2) is 28.3 Å². The van der Waals surface area contributed by atoms with Crippen LogP contribution in [0.5, 0.6) is 5.75 Å². The van der Waals surface area contributed by atoms with Crippen molar-refractivity contribution in [2.24, 2.45) is 0 Å². The molecule has 0 bridgehead atoms. The lowest BCUT2D eigenvalue weighted by atomic mass is 9.98. The third-order valence-corrected chi connectivity index (χ3v) is 7.79. The largest absolute Gasteiger partial charge is 0.497 e. The Morgan fingerprint density at radius 1 is 1.31 bits per heavy atom. The second-order valence-electron chi connectivity index (χ2n) is 7.71. The molecule has 32 heavy (non-hydrogen) atoms. The normalized spacial score (nSPS) is 13.0. The lowest BCUT2D eigenvalue weighted by Crippen LogP contribution is -2.24. The molecule has 0 fully saturated rings. The third-order valence-electron chi connectivity index (χ3n) is 5.54. The van der Waals surface area contributed by atoms with Gasteiger partial charge in [0.15, 0.2) is 5.16 Å². The van der Waals surface area contributed by atoms with Crippen LogP contribution < -0.4 is 15.6 Å². The molecule has 168 valence electrons. The summed E-state index contributed by atoms with van der Waals surface area (Å²) in [5.74, 6) is 1.31. The Morgan fingerprint density at radius 3 is 2.84 bits per heavy atom. The fourth-order valence-corrected chi connectivity index (χ4v) is 6.06. The van der Waals surface area contributed by atoms with Crippen LogP contribution in [0.3, 0.4) is 0 Å². The van der Waals surface area contributed by atoms with Gasteiger partial charge in [-0.2, -0.15) is 0 Å². The molecule has 1 N–H and O–H groups in total. The average Bonchev–Trinajstić information content (AvgIpc) is 3.19. The van der Waals surface area contributed by atoms with E-state index >= 15 is 0 Å². The average molecular weight is 470 g/mol. The highest BCUT2D eigenvalue weighted by atomic mass is 32.2. The molecule has 0 saturated heterocycles. The van der Waals surface area contributed by atoms with Gasteiger partial charge in [0.05, 0.1) is 12.6 Å². The van der Waals surface area contributed by atoms with E-state index in [9.17, 15) is 9.59 Å². The van der Waals surface area contributed by atoms with E-state index in [-0.39, 0.29) is 11.5 Å². The number of fused-ring (bicyclic) bond motifs is 3. The smallest absolute Gasteiger partial charge is 0.272 e. The van der Waals surface area contributed by atoms with Crippen LogP contribution in [0.2, 0.25) is 0 Å². The lowest BCUT2D eigenvalue weighted by Gasteiger charge is -2.12. The molecule has 8 heteroatoms. The van der Waals surface area contributed by atoms with Crippen molar-refractivity contribution in [3.05, 3.63) is 63.3 Å². The van der Waals surface area contributed by atoms with E-state index in [1.165, 1.54) is 28.6 Å². The minimum absolute atomic E-state index is 0.000701. The van der Waals surface area contributed by atoms with E-state index in [0.29, 0.717) is 30.4 Å². The van der Waals surface area contributed by atoms with Crippen molar-refractivity contribution in [2.45, 2.75) is 50.4 Å². The van der Waals surface area contributed by atoms with Gasteiger partial charge < -0.3 is 10.1 Å². The monoisotopic (exact) mass is 469 g/mol. The van der Waals surface area contributed by atoms with Crippen LogP contribution in [-0.2, 0) is 30.7 Å². The van der Waals surface area contributed by atoms with E-state index in [1.54, 1.807) is 29.1 Å². The minimum atomic E-state index is -0.0278. The van der Waals surface area contributed by atoms with Crippen LogP contribution >= 0.6 is 23.1 Å². The zero-order valence-electron chi connectivity index (χ0n) is 18.2. The number of hydrogen-bond donors (Lipinski definition) is 1. The van der Waals surface area contributed by atoms with Crippen molar-refractivity contribution in [3.63, 3.8) is 0 Å². The van der Waals surface area contributed by atoms with E-state index in [0.717, 1.165) is 40.8 Å². The summed E-state index contributed by atoms with van der Waals surface area (Å²) >= 11 is 3.06. The van der Waals surface area contributed by atoms with Crippen LogP contribution in [0.4, 0.5) is 0 Å². The SMILES string of the molecule is C=CCn1c(SCCC(=O)NCc2ccc(OC)cc2)nc2c3c(sc2c1=O)CCCC3. The van der Waals surface area contributed by atoms with Gasteiger partial charge in [0.1, 0.15) is 10.4 Å². The molecule has 4 rings (SSSR count). The molecule has 1 amide bonds. The van der Waals surface area contributed by atoms with Gasteiger partial charge in [0.25, 0.3) is 5.56 Å². The van der Waals surface area contributed by atoms with E-state index in [1.807, 2.05) is 24.3 Å². The van der Waals surface area contributed by atoms with Crippen molar-refractivity contribution in [2.75, 3.05) is 12.9 Å². The summed E-state index contributed by atoms with van der Waals surface area (Å²) in [6.45, 7) is 4.68. The Labute approximate surface area is 195 Å². The first-order chi connectivity index (χ1) is 15.6. The maximum Gasteiger partial charge on any atom is 0.272 e. The van der Waals surface area contributed by atoms with Gasteiger partial charge >= 0.3 is 0 Å².